The van der Waals surface area contributed by atoms with E-state index in [0.29, 0.717) is 5.33 Å². The van der Waals surface area contributed by atoms with Crippen LogP contribution in [0.1, 0.15) is 17.0 Å². The van der Waals surface area contributed by atoms with Crippen LogP contribution < -0.4 is 0 Å². The van der Waals surface area contributed by atoms with E-state index in [1.165, 1.54) is 0 Å². The number of rotatable bonds is 1. The van der Waals surface area contributed by atoms with Crippen molar-refractivity contribution in [3.8, 4) is 17.5 Å². The molecule has 1 heterocycles. The molecule has 3 heteroatoms. The van der Waals surface area contributed by atoms with Crippen molar-refractivity contribution in [1.29, 1.82) is 0 Å². The summed E-state index contributed by atoms with van der Waals surface area (Å²) in [7, 11) is 0. The lowest BCUT2D eigenvalue weighted by atomic mass is 10.2. The van der Waals surface area contributed by atoms with Crippen molar-refractivity contribution in [2.45, 2.75) is 13.8 Å². The van der Waals surface area contributed by atoms with Gasteiger partial charge in [0.05, 0.1) is 16.7 Å². The van der Waals surface area contributed by atoms with E-state index in [2.05, 4.69) is 51.9 Å². The molecular weight excluding hydrogens is 276 g/mol. The summed E-state index contributed by atoms with van der Waals surface area (Å²) < 4.78 is 1.94. The van der Waals surface area contributed by atoms with Gasteiger partial charge >= 0.3 is 0 Å². The van der Waals surface area contributed by atoms with E-state index >= 15 is 0 Å². The summed E-state index contributed by atoms with van der Waals surface area (Å²) in [6.45, 7) is 4.05. The number of alkyl halides is 1. The van der Waals surface area contributed by atoms with Gasteiger partial charge < -0.3 is 0 Å². The van der Waals surface area contributed by atoms with Gasteiger partial charge in [-0.05, 0) is 38.1 Å². The maximum absolute atomic E-state index is 4.46. The Labute approximate surface area is 110 Å². The average Bonchev–Trinajstić information content (AvgIpc) is 2.66. The summed E-state index contributed by atoms with van der Waals surface area (Å²) in [6.07, 6.45) is 0. The molecule has 17 heavy (non-hydrogen) atoms. The third-order valence-electron chi connectivity index (χ3n) is 2.40. The molecule has 0 spiro atoms. The summed E-state index contributed by atoms with van der Waals surface area (Å²) in [5.74, 6) is 6.09. The lowest BCUT2D eigenvalue weighted by Crippen LogP contribution is -1.99. The van der Waals surface area contributed by atoms with Gasteiger partial charge in [-0.25, -0.2) is 4.68 Å². The average molecular weight is 289 g/mol. The molecule has 0 saturated heterocycles. The van der Waals surface area contributed by atoms with Gasteiger partial charge in [0.2, 0.25) is 0 Å². The number of aromatic nitrogens is 2. The Balaban J connectivity index is 2.43. The first-order chi connectivity index (χ1) is 8.20. The number of hydrogen-bond acceptors (Lipinski definition) is 1. The van der Waals surface area contributed by atoms with Crippen LogP contribution in [0.2, 0.25) is 0 Å². The molecule has 1 aromatic heterocycles. The second-order valence-electron chi connectivity index (χ2n) is 3.82. The summed E-state index contributed by atoms with van der Waals surface area (Å²) in [4.78, 5) is 0. The molecule has 0 saturated carbocycles. The van der Waals surface area contributed by atoms with E-state index in [9.17, 15) is 0 Å². The molecule has 0 unspecified atom stereocenters. The maximum atomic E-state index is 4.46. The lowest BCUT2D eigenvalue weighted by Gasteiger charge is -2.04. The molecule has 0 amide bonds. The highest BCUT2D eigenvalue weighted by Gasteiger charge is 2.03. The molecule has 0 bridgehead atoms. The molecule has 2 rings (SSSR count). The first kappa shape index (κ1) is 11.9. The highest BCUT2D eigenvalue weighted by atomic mass is 79.9. The quantitative estimate of drug-likeness (QED) is 0.582. The molecule has 2 aromatic rings. The van der Waals surface area contributed by atoms with Gasteiger partial charge in [-0.1, -0.05) is 33.8 Å². The van der Waals surface area contributed by atoms with E-state index in [1.807, 2.05) is 29.8 Å². The smallest absolute Gasteiger partial charge is 0.0661 e. The van der Waals surface area contributed by atoms with Crippen LogP contribution in [0, 0.1) is 25.7 Å². The Morgan fingerprint density at radius 1 is 1.29 bits per heavy atom. The lowest BCUT2D eigenvalue weighted by molar-refractivity contribution is 0.833. The van der Waals surface area contributed by atoms with E-state index in [-0.39, 0.29) is 0 Å². The topological polar surface area (TPSA) is 17.8 Å². The Kier molecular flexibility index (Phi) is 3.65. The predicted octanol–water partition coefficient (Wildman–Crippen LogP) is 3.24. The molecular formula is C14H13BrN2. The van der Waals surface area contributed by atoms with Crippen LogP contribution in [-0.4, -0.2) is 15.1 Å². The van der Waals surface area contributed by atoms with Crippen LogP contribution in [0.4, 0.5) is 0 Å². The highest BCUT2D eigenvalue weighted by molar-refractivity contribution is 9.09. The van der Waals surface area contributed by atoms with Crippen LogP contribution in [0.15, 0.2) is 30.3 Å². The minimum Gasteiger partial charge on any atom is -0.238 e. The number of nitrogens with zero attached hydrogens (tertiary/aromatic N) is 2. The zero-order valence-corrected chi connectivity index (χ0v) is 11.5. The second kappa shape index (κ2) is 5.20. The minimum absolute atomic E-state index is 0.692. The van der Waals surface area contributed by atoms with Crippen molar-refractivity contribution >= 4 is 15.9 Å². The fraction of sp³-hybridized carbons (Fsp3) is 0.214. The summed E-state index contributed by atoms with van der Waals surface area (Å²) in [6, 6.07) is 10.2. The van der Waals surface area contributed by atoms with Gasteiger partial charge in [0.25, 0.3) is 0 Å². The third-order valence-corrected chi connectivity index (χ3v) is 2.68. The van der Waals surface area contributed by atoms with Crippen molar-refractivity contribution in [2.75, 3.05) is 5.33 Å². The highest BCUT2D eigenvalue weighted by Crippen LogP contribution is 2.13. The summed E-state index contributed by atoms with van der Waals surface area (Å²) in [5.41, 5.74) is 4.22. The summed E-state index contributed by atoms with van der Waals surface area (Å²) >= 11 is 3.29. The first-order valence-electron chi connectivity index (χ1n) is 5.39. The molecule has 86 valence electrons. The Morgan fingerprint density at radius 2 is 2.12 bits per heavy atom. The van der Waals surface area contributed by atoms with Crippen molar-refractivity contribution in [3.63, 3.8) is 0 Å². The molecule has 0 atom stereocenters. The third kappa shape index (κ3) is 2.78. The minimum atomic E-state index is 0.692. The van der Waals surface area contributed by atoms with Gasteiger partial charge in [0.15, 0.2) is 0 Å². The first-order valence-corrected chi connectivity index (χ1v) is 6.51. The molecule has 0 aliphatic carbocycles. The van der Waals surface area contributed by atoms with Crippen LogP contribution >= 0.6 is 15.9 Å². The van der Waals surface area contributed by atoms with Gasteiger partial charge in [-0.3, -0.25) is 0 Å². The SMILES string of the molecule is Cc1cc(C)n(-c2cccc(C#CCBr)c2)n1. The number of aryl methyl sites for hydroxylation is 2. The predicted molar refractivity (Wildman–Crippen MR) is 73.7 cm³/mol. The van der Waals surface area contributed by atoms with Gasteiger partial charge in [0.1, 0.15) is 0 Å². The van der Waals surface area contributed by atoms with Crippen LogP contribution in [0.5, 0.6) is 0 Å². The Hall–Kier alpha value is -1.53. The molecule has 0 aliphatic heterocycles. The van der Waals surface area contributed by atoms with E-state index in [1.54, 1.807) is 0 Å². The Bertz CT molecular complexity index is 588. The van der Waals surface area contributed by atoms with Crippen LogP contribution in [-0.2, 0) is 0 Å². The second-order valence-corrected chi connectivity index (χ2v) is 4.39. The molecule has 0 radical (unpaired) electrons. The van der Waals surface area contributed by atoms with Gasteiger partial charge in [-0.2, -0.15) is 5.10 Å². The fourth-order valence-electron chi connectivity index (χ4n) is 1.74. The zero-order chi connectivity index (χ0) is 12.3. The van der Waals surface area contributed by atoms with Gasteiger partial charge in [0, 0.05) is 11.3 Å². The molecule has 0 aliphatic rings. The van der Waals surface area contributed by atoms with Crippen molar-refractivity contribution in [1.82, 2.24) is 9.78 Å². The van der Waals surface area contributed by atoms with E-state index in [0.717, 1.165) is 22.6 Å². The number of benzene rings is 1. The zero-order valence-electron chi connectivity index (χ0n) is 9.87. The maximum Gasteiger partial charge on any atom is 0.0661 e. The standard InChI is InChI=1S/C14H13BrN2/c1-11-9-12(2)17(16-11)14-7-3-5-13(10-14)6-4-8-15/h3,5,7,9-10H,8H2,1-2H3. The van der Waals surface area contributed by atoms with Crippen molar-refractivity contribution in [2.24, 2.45) is 0 Å². The monoisotopic (exact) mass is 288 g/mol. The molecule has 1 aromatic carbocycles. The van der Waals surface area contributed by atoms with E-state index in [4.69, 9.17) is 0 Å². The number of halogens is 1. The molecule has 0 N–H and O–H groups in total. The number of hydrogen-bond donors (Lipinski definition) is 0. The molecule has 2 nitrogen and oxygen atoms in total. The van der Waals surface area contributed by atoms with Gasteiger partial charge in [-0.15, -0.1) is 0 Å². The molecule has 0 fully saturated rings. The van der Waals surface area contributed by atoms with Crippen molar-refractivity contribution < 1.29 is 0 Å². The Morgan fingerprint density at radius 3 is 2.76 bits per heavy atom. The fourth-order valence-corrected chi connectivity index (χ4v) is 1.88. The van der Waals surface area contributed by atoms with Crippen molar-refractivity contribution in [3.05, 3.63) is 47.3 Å². The van der Waals surface area contributed by atoms with Crippen LogP contribution in [0.25, 0.3) is 5.69 Å². The van der Waals surface area contributed by atoms with E-state index < -0.39 is 0 Å². The summed E-state index contributed by atoms with van der Waals surface area (Å²) in [5, 5.41) is 5.15. The largest absolute Gasteiger partial charge is 0.238 e. The normalized spacial score (nSPS) is 9.82. The van der Waals surface area contributed by atoms with Crippen LogP contribution in [0.3, 0.4) is 0 Å².